The maximum Gasteiger partial charge on any atom is -0.0106 e. The van der Waals surface area contributed by atoms with Gasteiger partial charge in [-0.15, -0.1) is 9.24 Å². The van der Waals surface area contributed by atoms with Gasteiger partial charge in [0.2, 0.25) is 0 Å². The lowest BCUT2D eigenvalue weighted by Gasteiger charge is -2.08. The second kappa shape index (κ2) is 4.78. The number of hydrogen-bond donors (Lipinski definition) is 0. The Morgan fingerprint density at radius 2 is 0.913 bits per heavy atom. The molecule has 0 spiro atoms. The minimum Gasteiger partial charge on any atom is -0.105 e. The highest BCUT2D eigenvalue weighted by Crippen LogP contribution is 2.30. The topological polar surface area (TPSA) is 0 Å². The number of hydrogen-bond acceptors (Lipinski definition) is 0. The average Bonchev–Trinajstić information content (AvgIpc) is 2.57. The summed E-state index contributed by atoms with van der Waals surface area (Å²) in [7, 11) is 2.84. The molecule has 1 unspecified atom stereocenters. The van der Waals surface area contributed by atoms with Crippen molar-refractivity contribution in [1.82, 2.24) is 0 Å². The normalized spacial score (nSPS) is 11.7. The third kappa shape index (κ3) is 2.03. The van der Waals surface area contributed by atoms with Gasteiger partial charge in [-0.25, -0.2) is 0 Å². The van der Waals surface area contributed by atoms with Crippen LogP contribution in [0.25, 0.3) is 43.1 Å². The van der Waals surface area contributed by atoms with Gasteiger partial charge in [-0.1, -0.05) is 42.5 Å². The van der Waals surface area contributed by atoms with Crippen molar-refractivity contribution in [2.75, 3.05) is 0 Å². The maximum atomic E-state index is 2.84. The van der Waals surface area contributed by atoms with Gasteiger partial charge in [0, 0.05) is 0 Å². The molecule has 5 aromatic carbocycles. The molecule has 5 rings (SSSR count). The van der Waals surface area contributed by atoms with Crippen LogP contribution in [0.4, 0.5) is 0 Å². The van der Waals surface area contributed by atoms with E-state index in [9.17, 15) is 0 Å². The van der Waals surface area contributed by atoms with Gasteiger partial charge in [-0.3, -0.25) is 0 Å². The van der Waals surface area contributed by atoms with Crippen molar-refractivity contribution >= 4 is 57.6 Å². The van der Waals surface area contributed by atoms with Crippen molar-refractivity contribution < 1.29 is 0 Å². The Labute approximate surface area is 136 Å². The summed E-state index contributed by atoms with van der Waals surface area (Å²) in [5.41, 5.74) is 0. The summed E-state index contributed by atoms with van der Waals surface area (Å²) >= 11 is 0. The summed E-state index contributed by atoms with van der Waals surface area (Å²) in [5, 5.41) is 11.7. The van der Waals surface area contributed by atoms with Crippen molar-refractivity contribution in [1.29, 1.82) is 0 Å². The van der Waals surface area contributed by atoms with Crippen LogP contribution in [0.1, 0.15) is 0 Å². The average molecular weight is 310 g/mol. The second-order valence-electron chi connectivity index (χ2n) is 6.17. The Morgan fingerprint density at radius 1 is 0.435 bits per heavy atom. The van der Waals surface area contributed by atoms with E-state index in [1.165, 1.54) is 48.4 Å². The monoisotopic (exact) mass is 310 g/mol. The van der Waals surface area contributed by atoms with E-state index >= 15 is 0 Å². The van der Waals surface area contributed by atoms with E-state index in [-0.39, 0.29) is 0 Å². The van der Waals surface area contributed by atoms with Crippen LogP contribution < -0.4 is 5.30 Å². The zero-order chi connectivity index (χ0) is 15.4. The molecule has 23 heavy (non-hydrogen) atoms. The van der Waals surface area contributed by atoms with E-state index < -0.39 is 0 Å². The maximum absolute atomic E-state index is 2.84. The summed E-state index contributed by atoms with van der Waals surface area (Å²) in [6.45, 7) is 0. The van der Waals surface area contributed by atoms with Crippen LogP contribution >= 0.6 is 9.24 Å². The Balaban J connectivity index is 1.93. The van der Waals surface area contributed by atoms with Crippen molar-refractivity contribution in [3.63, 3.8) is 0 Å². The summed E-state index contributed by atoms with van der Waals surface area (Å²) in [5.74, 6) is 0. The lowest BCUT2D eigenvalue weighted by atomic mass is 9.97. The molecule has 0 saturated carbocycles. The quantitative estimate of drug-likeness (QED) is 0.250. The fraction of sp³-hybridized carbons (Fsp3) is 0. The Kier molecular flexibility index (Phi) is 2.71. The van der Waals surface area contributed by atoms with E-state index in [1.54, 1.807) is 0 Å². The summed E-state index contributed by atoms with van der Waals surface area (Å²) in [4.78, 5) is 0. The molecule has 0 saturated heterocycles. The van der Waals surface area contributed by atoms with Crippen molar-refractivity contribution in [2.24, 2.45) is 0 Å². The van der Waals surface area contributed by atoms with Gasteiger partial charge in [0.05, 0.1) is 0 Å². The first kappa shape index (κ1) is 13.0. The first-order valence-electron chi connectivity index (χ1n) is 7.82. The van der Waals surface area contributed by atoms with Crippen LogP contribution in [-0.2, 0) is 0 Å². The zero-order valence-electron chi connectivity index (χ0n) is 12.6. The zero-order valence-corrected chi connectivity index (χ0v) is 13.7. The summed E-state index contributed by atoms with van der Waals surface area (Å²) < 4.78 is 0. The molecule has 1 heteroatoms. The fourth-order valence-corrected chi connectivity index (χ4v) is 3.86. The molecular formula is C22H15P. The van der Waals surface area contributed by atoms with Crippen molar-refractivity contribution in [3.8, 4) is 0 Å². The van der Waals surface area contributed by atoms with Gasteiger partial charge in [-0.2, -0.15) is 0 Å². The Morgan fingerprint density at radius 3 is 1.57 bits per heavy atom. The third-order valence-corrected chi connectivity index (χ3v) is 5.19. The molecule has 0 N–H and O–H groups in total. The molecule has 0 aliphatic carbocycles. The number of fused-ring (bicyclic) bond motifs is 4. The van der Waals surface area contributed by atoms with Crippen LogP contribution in [-0.4, -0.2) is 0 Å². The van der Waals surface area contributed by atoms with E-state index in [4.69, 9.17) is 0 Å². The van der Waals surface area contributed by atoms with E-state index in [1.807, 2.05) is 0 Å². The number of benzene rings is 5. The van der Waals surface area contributed by atoms with E-state index in [0.717, 1.165) is 0 Å². The molecule has 5 aromatic rings. The predicted molar refractivity (Wildman–Crippen MR) is 106 cm³/mol. The van der Waals surface area contributed by atoms with Gasteiger partial charge in [0.1, 0.15) is 0 Å². The highest BCUT2D eigenvalue weighted by Gasteiger charge is 2.04. The molecule has 0 bridgehead atoms. The molecule has 0 heterocycles. The molecule has 108 valence electrons. The lowest BCUT2D eigenvalue weighted by Crippen LogP contribution is -1.91. The first-order chi connectivity index (χ1) is 11.3. The molecule has 0 amide bonds. The third-order valence-electron chi connectivity index (χ3n) is 4.69. The predicted octanol–water partition coefficient (Wildman–Crippen LogP) is 5.80. The smallest absolute Gasteiger partial charge is 0.0106 e. The summed E-state index contributed by atoms with van der Waals surface area (Å²) in [6, 6.07) is 28.8. The molecule has 0 aliphatic rings. The Bertz CT molecular complexity index is 1220. The minimum atomic E-state index is 1.25. The highest BCUT2D eigenvalue weighted by molar-refractivity contribution is 7.28. The van der Waals surface area contributed by atoms with Crippen LogP contribution in [0.3, 0.4) is 0 Å². The number of rotatable bonds is 0. The van der Waals surface area contributed by atoms with Crippen LogP contribution in [0, 0.1) is 0 Å². The van der Waals surface area contributed by atoms with E-state index in [0.29, 0.717) is 0 Å². The molecule has 0 radical (unpaired) electrons. The molecular weight excluding hydrogens is 295 g/mol. The molecule has 1 atom stereocenters. The van der Waals surface area contributed by atoms with Gasteiger partial charge in [0.15, 0.2) is 0 Å². The van der Waals surface area contributed by atoms with Gasteiger partial charge < -0.3 is 0 Å². The molecule has 0 aromatic heterocycles. The largest absolute Gasteiger partial charge is 0.105 e. The lowest BCUT2D eigenvalue weighted by molar-refractivity contribution is 1.79. The van der Waals surface area contributed by atoms with Crippen LogP contribution in [0.5, 0.6) is 0 Å². The molecule has 0 fully saturated rings. The van der Waals surface area contributed by atoms with Crippen molar-refractivity contribution in [2.45, 2.75) is 0 Å². The highest BCUT2D eigenvalue weighted by atomic mass is 31.0. The van der Waals surface area contributed by atoms with E-state index in [2.05, 4.69) is 88.1 Å². The summed E-state index contributed by atoms with van der Waals surface area (Å²) in [6.07, 6.45) is 0. The van der Waals surface area contributed by atoms with Crippen LogP contribution in [0.2, 0.25) is 0 Å². The fourth-order valence-electron chi connectivity index (χ4n) is 3.49. The molecule has 0 nitrogen and oxygen atoms in total. The SMILES string of the molecule is Pc1cccc2cc3cc4cc5ccccc5cc4cc3cc12. The molecule has 0 aliphatic heterocycles. The van der Waals surface area contributed by atoms with Gasteiger partial charge >= 0.3 is 0 Å². The minimum absolute atomic E-state index is 1.25. The van der Waals surface area contributed by atoms with Crippen molar-refractivity contribution in [3.05, 3.63) is 78.9 Å². The standard InChI is InChI=1S/C22H15P/c23-22-7-3-6-16-10-19-11-17-8-14-4-1-2-5-15(14)9-18(17)12-20(19)13-21(16)22/h1-13H,23H2. The first-order valence-corrected chi connectivity index (χ1v) is 8.40. The second-order valence-corrected chi connectivity index (χ2v) is 6.79. The van der Waals surface area contributed by atoms with Crippen LogP contribution in [0.15, 0.2) is 78.9 Å². The Hall–Kier alpha value is -2.43. The van der Waals surface area contributed by atoms with Gasteiger partial charge in [-0.05, 0) is 84.8 Å². The van der Waals surface area contributed by atoms with Gasteiger partial charge in [0.25, 0.3) is 0 Å².